The predicted octanol–water partition coefficient (Wildman–Crippen LogP) is 2.31. The topological polar surface area (TPSA) is 72.2 Å². The van der Waals surface area contributed by atoms with Gasteiger partial charge in [-0.25, -0.2) is 0 Å². The van der Waals surface area contributed by atoms with E-state index in [1.807, 2.05) is 24.3 Å². The van der Waals surface area contributed by atoms with Crippen molar-refractivity contribution < 1.29 is 9.59 Å². The molecule has 0 spiro atoms. The number of hydrogen-bond donors (Lipinski definition) is 2. The lowest BCUT2D eigenvalue weighted by molar-refractivity contribution is -0.121. The van der Waals surface area contributed by atoms with Gasteiger partial charge < -0.3 is 11.1 Å². The van der Waals surface area contributed by atoms with Crippen LogP contribution < -0.4 is 11.1 Å². The fraction of sp³-hybridized carbons (Fsp3) is 0.385. The Labute approximate surface area is 125 Å². The summed E-state index contributed by atoms with van der Waals surface area (Å²) < 4.78 is 1.05. The van der Waals surface area contributed by atoms with Crippen molar-refractivity contribution in [1.82, 2.24) is 5.32 Å². The maximum atomic E-state index is 11.5. The van der Waals surface area contributed by atoms with Crippen LogP contribution in [0, 0.1) is 0 Å². The molecule has 0 bridgehead atoms. The van der Waals surface area contributed by atoms with Gasteiger partial charge in [0.15, 0.2) is 0 Å². The lowest BCUT2D eigenvalue weighted by atomic mass is 10.3. The van der Waals surface area contributed by atoms with Gasteiger partial charge in [0.05, 0.1) is 0 Å². The van der Waals surface area contributed by atoms with Crippen molar-refractivity contribution in [2.75, 3.05) is 12.3 Å². The number of carbonyl (C=O) groups is 2. The first kappa shape index (κ1) is 16.0. The molecule has 104 valence electrons. The lowest BCUT2D eigenvalue weighted by Crippen LogP contribution is -2.25. The maximum Gasteiger partial charge on any atom is 0.220 e. The van der Waals surface area contributed by atoms with Crippen molar-refractivity contribution in [2.24, 2.45) is 5.73 Å². The smallest absolute Gasteiger partial charge is 0.220 e. The van der Waals surface area contributed by atoms with E-state index in [-0.39, 0.29) is 11.8 Å². The molecule has 0 radical (unpaired) electrons. The molecule has 3 N–H and O–H groups in total. The highest BCUT2D eigenvalue weighted by atomic mass is 79.9. The number of hydrogen-bond acceptors (Lipinski definition) is 3. The van der Waals surface area contributed by atoms with Gasteiger partial charge in [0.2, 0.25) is 11.8 Å². The molecule has 1 aromatic rings. The first-order chi connectivity index (χ1) is 9.08. The van der Waals surface area contributed by atoms with Crippen molar-refractivity contribution >= 4 is 39.5 Å². The van der Waals surface area contributed by atoms with Crippen LogP contribution in [0.1, 0.15) is 19.3 Å². The molecule has 0 aliphatic rings. The van der Waals surface area contributed by atoms with Crippen LogP contribution in [0.5, 0.6) is 0 Å². The SMILES string of the molecule is NC(=O)CCCNC(=O)CCSc1ccc(Br)cc1. The zero-order chi connectivity index (χ0) is 14.1. The summed E-state index contributed by atoms with van der Waals surface area (Å²) in [6, 6.07) is 7.98. The van der Waals surface area contributed by atoms with Gasteiger partial charge in [-0.05, 0) is 30.7 Å². The number of nitrogens with one attached hydrogen (secondary N) is 1. The molecule has 0 unspecified atom stereocenters. The molecule has 0 aliphatic heterocycles. The van der Waals surface area contributed by atoms with E-state index in [0.717, 1.165) is 15.1 Å². The van der Waals surface area contributed by atoms with Crippen LogP contribution in [-0.4, -0.2) is 24.1 Å². The average Bonchev–Trinajstić information content (AvgIpc) is 2.37. The van der Waals surface area contributed by atoms with Gasteiger partial charge in [-0.3, -0.25) is 9.59 Å². The molecule has 4 nitrogen and oxygen atoms in total. The molecule has 1 rings (SSSR count). The fourth-order valence-corrected chi connectivity index (χ4v) is 2.49. The van der Waals surface area contributed by atoms with E-state index >= 15 is 0 Å². The maximum absolute atomic E-state index is 11.5. The molecule has 6 heteroatoms. The van der Waals surface area contributed by atoms with Crippen molar-refractivity contribution in [3.05, 3.63) is 28.7 Å². The van der Waals surface area contributed by atoms with E-state index in [1.54, 1.807) is 11.8 Å². The first-order valence-electron chi connectivity index (χ1n) is 6.01. The number of thioether (sulfide) groups is 1. The summed E-state index contributed by atoms with van der Waals surface area (Å²) >= 11 is 5.02. The number of benzene rings is 1. The molecule has 0 saturated heterocycles. The Morgan fingerprint density at radius 1 is 1.21 bits per heavy atom. The minimum Gasteiger partial charge on any atom is -0.370 e. The number of carbonyl (C=O) groups excluding carboxylic acids is 2. The molecule has 0 aromatic heterocycles. The summed E-state index contributed by atoms with van der Waals surface area (Å²) in [6.07, 6.45) is 1.38. The Kier molecular flexibility index (Phi) is 7.59. The second-order valence-corrected chi connectivity index (χ2v) is 6.06. The number of primary amides is 1. The molecule has 0 heterocycles. The number of amides is 2. The van der Waals surface area contributed by atoms with E-state index in [4.69, 9.17) is 5.73 Å². The first-order valence-corrected chi connectivity index (χ1v) is 7.79. The third-order valence-corrected chi connectivity index (χ3v) is 3.88. The van der Waals surface area contributed by atoms with E-state index in [2.05, 4.69) is 21.2 Å². The third-order valence-electron chi connectivity index (χ3n) is 2.33. The standard InChI is InChI=1S/C13H17BrN2O2S/c14-10-3-5-11(6-4-10)19-9-7-13(18)16-8-1-2-12(15)17/h3-6H,1-2,7-9H2,(H2,15,17)(H,16,18). The van der Waals surface area contributed by atoms with Crippen LogP contribution in [0.25, 0.3) is 0 Å². The zero-order valence-electron chi connectivity index (χ0n) is 10.5. The molecule has 2 amide bonds. The Morgan fingerprint density at radius 3 is 2.53 bits per heavy atom. The van der Waals surface area contributed by atoms with Crippen LogP contribution >= 0.6 is 27.7 Å². The summed E-state index contributed by atoms with van der Waals surface area (Å²) in [6.45, 7) is 0.505. The van der Waals surface area contributed by atoms with E-state index in [1.165, 1.54) is 0 Å². The quantitative estimate of drug-likeness (QED) is 0.561. The van der Waals surface area contributed by atoms with Crippen molar-refractivity contribution in [1.29, 1.82) is 0 Å². The Morgan fingerprint density at radius 2 is 1.89 bits per heavy atom. The van der Waals surface area contributed by atoms with Crippen LogP contribution in [0.3, 0.4) is 0 Å². The van der Waals surface area contributed by atoms with E-state index in [9.17, 15) is 9.59 Å². The minimum atomic E-state index is -0.333. The summed E-state index contributed by atoms with van der Waals surface area (Å²) in [5.41, 5.74) is 5.01. The molecular weight excluding hydrogens is 328 g/mol. The summed E-state index contributed by atoms with van der Waals surface area (Å²) in [4.78, 5) is 23.1. The number of nitrogens with two attached hydrogens (primary N) is 1. The van der Waals surface area contributed by atoms with Crippen LogP contribution in [-0.2, 0) is 9.59 Å². The fourth-order valence-electron chi connectivity index (χ4n) is 1.37. The highest BCUT2D eigenvalue weighted by molar-refractivity contribution is 9.10. The molecule has 0 saturated carbocycles. The van der Waals surface area contributed by atoms with Gasteiger partial charge in [-0.2, -0.15) is 0 Å². The Hall–Kier alpha value is -1.01. The van der Waals surface area contributed by atoms with Crippen molar-refractivity contribution in [3.8, 4) is 0 Å². The van der Waals surface area contributed by atoms with Crippen LogP contribution in [0.4, 0.5) is 0 Å². The van der Waals surface area contributed by atoms with Gasteiger partial charge >= 0.3 is 0 Å². The molecule has 1 aromatic carbocycles. The highest BCUT2D eigenvalue weighted by Crippen LogP contribution is 2.20. The monoisotopic (exact) mass is 344 g/mol. The van der Waals surface area contributed by atoms with Crippen LogP contribution in [0.15, 0.2) is 33.6 Å². The minimum absolute atomic E-state index is 0.00841. The third kappa shape index (κ3) is 7.89. The van der Waals surface area contributed by atoms with Gasteiger partial charge in [0, 0.05) is 34.5 Å². The van der Waals surface area contributed by atoms with Crippen molar-refractivity contribution in [2.45, 2.75) is 24.2 Å². The lowest BCUT2D eigenvalue weighted by Gasteiger charge is -2.04. The van der Waals surface area contributed by atoms with Gasteiger partial charge in [-0.15, -0.1) is 11.8 Å². The summed E-state index contributed by atoms with van der Waals surface area (Å²) in [5.74, 6) is 0.414. The summed E-state index contributed by atoms with van der Waals surface area (Å²) in [7, 11) is 0. The van der Waals surface area contributed by atoms with E-state index in [0.29, 0.717) is 25.8 Å². The molecule has 0 aliphatic carbocycles. The van der Waals surface area contributed by atoms with Crippen LogP contribution in [0.2, 0.25) is 0 Å². The van der Waals surface area contributed by atoms with Gasteiger partial charge in [0.1, 0.15) is 0 Å². The molecule has 19 heavy (non-hydrogen) atoms. The largest absolute Gasteiger partial charge is 0.370 e. The van der Waals surface area contributed by atoms with Gasteiger partial charge in [0.25, 0.3) is 0 Å². The van der Waals surface area contributed by atoms with Gasteiger partial charge in [-0.1, -0.05) is 15.9 Å². The number of halogens is 1. The predicted molar refractivity (Wildman–Crippen MR) is 80.9 cm³/mol. The Balaban J connectivity index is 2.10. The second-order valence-electron chi connectivity index (χ2n) is 3.97. The molecule has 0 atom stereocenters. The molecule has 0 fully saturated rings. The summed E-state index contributed by atoms with van der Waals surface area (Å²) in [5, 5.41) is 2.77. The van der Waals surface area contributed by atoms with Crippen molar-refractivity contribution in [3.63, 3.8) is 0 Å². The molecular formula is C13H17BrN2O2S. The second kappa shape index (κ2) is 8.98. The highest BCUT2D eigenvalue weighted by Gasteiger charge is 2.02. The normalized spacial score (nSPS) is 10.2. The van der Waals surface area contributed by atoms with E-state index < -0.39 is 0 Å². The number of rotatable bonds is 8. The zero-order valence-corrected chi connectivity index (χ0v) is 12.9. The average molecular weight is 345 g/mol. The Bertz CT molecular complexity index is 423.